The molecule has 2 heteroatoms. The summed E-state index contributed by atoms with van der Waals surface area (Å²) >= 11 is 0. The van der Waals surface area contributed by atoms with Crippen LogP contribution in [0, 0.1) is 0 Å². The topological polar surface area (TPSA) is 18.5 Å². The summed E-state index contributed by atoms with van der Waals surface area (Å²) in [6.45, 7) is 7.36. The smallest absolute Gasteiger partial charge is 0.125 e. The number of rotatable bonds is 3. The van der Waals surface area contributed by atoms with E-state index >= 15 is 0 Å². The van der Waals surface area contributed by atoms with Crippen LogP contribution in [0.1, 0.15) is 44.2 Å². The van der Waals surface area contributed by atoms with Gasteiger partial charge in [0.15, 0.2) is 0 Å². The fourth-order valence-corrected chi connectivity index (χ4v) is 2.12. The van der Waals surface area contributed by atoms with Crippen molar-refractivity contribution in [3.05, 3.63) is 29.3 Å². The van der Waals surface area contributed by atoms with E-state index in [0.717, 1.165) is 18.8 Å². The Balaban J connectivity index is 2.39. The van der Waals surface area contributed by atoms with Gasteiger partial charge in [-0.05, 0) is 24.5 Å². The molecule has 2 nitrogen and oxygen atoms in total. The first kappa shape index (κ1) is 11.5. The van der Waals surface area contributed by atoms with Crippen molar-refractivity contribution in [3.63, 3.8) is 0 Å². The fourth-order valence-electron chi connectivity index (χ4n) is 2.12. The average Bonchev–Trinajstić information content (AvgIpc) is 2.25. The standard InChI is InChI=1S/C14H20O2/c1-10(2)11-5-6-12(13(9-11)15-4)14(3)7-8-16-14/h5-6,9-10H,7-8H2,1-4H3. The third-order valence-corrected chi connectivity index (χ3v) is 3.46. The van der Waals surface area contributed by atoms with Crippen LogP contribution in [0.15, 0.2) is 18.2 Å². The fraction of sp³-hybridized carbons (Fsp3) is 0.571. The summed E-state index contributed by atoms with van der Waals surface area (Å²) in [5, 5.41) is 0. The van der Waals surface area contributed by atoms with Crippen molar-refractivity contribution in [2.75, 3.05) is 13.7 Å². The second-order valence-corrected chi connectivity index (χ2v) is 4.94. The van der Waals surface area contributed by atoms with E-state index in [2.05, 4.69) is 39.0 Å². The number of benzene rings is 1. The molecule has 88 valence electrons. The molecule has 1 aliphatic rings. The van der Waals surface area contributed by atoms with Gasteiger partial charge in [-0.15, -0.1) is 0 Å². The molecule has 1 atom stereocenters. The van der Waals surface area contributed by atoms with Gasteiger partial charge in [0, 0.05) is 12.0 Å². The minimum absolute atomic E-state index is 0.138. The molecule has 2 rings (SSSR count). The van der Waals surface area contributed by atoms with Gasteiger partial charge in [-0.1, -0.05) is 26.0 Å². The molecule has 0 aliphatic carbocycles. The Bertz CT molecular complexity index is 378. The Morgan fingerprint density at radius 3 is 2.50 bits per heavy atom. The van der Waals surface area contributed by atoms with E-state index in [4.69, 9.17) is 9.47 Å². The van der Waals surface area contributed by atoms with Crippen molar-refractivity contribution < 1.29 is 9.47 Å². The quantitative estimate of drug-likeness (QED) is 0.776. The molecule has 0 amide bonds. The van der Waals surface area contributed by atoms with Crippen LogP contribution < -0.4 is 4.74 Å². The van der Waals surface area contributed by atoms with E-state index in [9.17, 15) is 0 Å². The summed E-state index contributed by atoms with van der Waals surface area (Å²) in [5.74, 6) is 1.48. The highest BCUT2D eigenvalue weighted by Crippen LogP contribution is 2.42. The van der Waals surface area contributed by atoms with Crippen LogP contribution in [-0.4, -0.2) is 13.7 Å². The minimum atomic E-state index is -0.138. The molecule has 16 heavy (non-hydrogen) atoms. The van der Waals surface area contributed by atoms with Crippen LogP contribution in [0.4, 0.5) is 0 Å². The molecule has 1 aromatic carbocycles. The zero-order chi connectivity index (χ0) is 11.8. The third-order valence-electron chi connectivity index (χ3n) is 3.46. The van der Waals surface area contributed by atoms with Gasteiger partial charge in [-0.2, -0.15) is 0 Å². The second kappa shape index (κ2) is 4.10. The van der Waals surface area contributed by atoms with Gasteiger partial charge in [0.05, 0.1) is 19.3 Å². The summed E-state index contributed by atoms with van der Waals surface area (Å²) in [7, 11) is 1.73. The molecule has 0 radical (unpaired) electrons. The molecule has 0 spiro atoms. The largest absolute Gasteiger partial charge is 0.496 e. The highest BCUT2D eigenvalue weighted by Gasteiger charge is 2.37. The van der Waals surface area contributed by atoms with Gasteiger partial charge in [0.2, 0.25) is 0 Å². The van der Waals surface area contributed by atoms with Crippen molar-refractivity contribution in [2.24, 2.45) is 0 Å². The maximum absolute atomic E-state index is 5.67. The Morgan fingerprint density at radius 1 is 1.38 bits per heavy atom. The zero-order valence-electron chi connectivity index (χ0n) is 10.5. The summed E-state index contributed by atoms with van der Waals surface area (Å²) in [4.78, 5) is 0. The van der Waals surface area contributed by atoms with Crippen LogP contribution in [0.25, 0.3) is 0 Å². The maximum Gasteiger partial charge on any atom is 0.125 e. The summed E-state index contributed by atoms with van der Waals surface area (Å²) in [5.41, 5.74) is 2.34. The molecule has 1 fully saturated rings. The van der Waals surface area contributed by atoms with Gasteiger partial charge in [-0.3, -0.25) is 0 Å². The second-order valence-electron chi connectivity index (χ2n) is 4.94. The first-order valence-electron chi connectivity index (χ1n) is 5.89. The molecular formula is C14H20O2. The Morgan fingerprint density at radius 2 is 2.06 bits per heavy atom. The first-order chi connectivity index (χ1) is 7.57. The summed E-state index contributed by atoms with van der Waals surface area (Å²) in [6.07, 6.45) is 1.07. The van der Waals surface area contributed by atoms with Gasteiger partial charge in [-0.25, -0.2) is 0 Å². The van der Waals surface area contributed by atoms with E-state index in [1.807, 2.05) is 0 Å². The molecule has 1 saturated heterocycles. The molecule has 1 aromatic rings. The van der Waals surface area contributed by atoms with E-state index < -0.39 is 0 Å². The lowest BCUT2D eigenvalue weighted by Gasteiger charge is -2.40. The highest BCUT2D eigenvalue weighted by molar-refractivity contribution is 5.42. The maximum atomic E-state index is 5.67. The van der Waals surface area contributed by atoms with Crippen LogP contribution in [0.3, 0.4) is 0 Å². The van der Waals surface area contributed by atoms with E-state index in [1.54, 1.807) is 7.11 Å². The predicted molar refractivity (Wildman–Crippen MR) is 65.0 cm³/mol. The van der Waals surface area contributed by atoms with Crippen molar-refractivity contribution in [2.45, 2.75) is 38.7 Å². The van der Waals surface area contributed by atoms with E-state index in [-0.39, 0.29) is 5.60 Å². The van der Waals surface area contributed by atoms with Crippen LogP contribution in [0.5, 0.6) is 5.75 Å². The molecule has 0 bridgehead atoms. The number of hydrogen-bond donors (Lipinski definition) is 0. The SMILES string of the molecule is COc1cc(C(C)C)ccc1C1(C)CCO1. The third kappa shape index (κ3) is 1.82. The molecule has 0 aromatic heterocycles. The summed E-state index contributed by atoms with van der Waals surface area (Å²) < 4.78 is 11.1. The van der Waals surface area contributed by atoms with E-state index in [1.165, 1.54) is 11.1 Å². The first-order valence-corrected chi connectivity index (χ1v) is 5.89. The lowest BCUT2D eigenvalue weighted by Crippen LogP contribution is -2.37. The van der Waals surface area contributed by atoms with Crippen molar-refractivity contribution in [1.29, 1.82) is 0 Å². The van der Waals surface area contributed by atoms with Gasteiger partial charge in [0.25, 0.3) is 0 Å². The molecule has 1 heterocycles. The molecule has 1 aliphatic heterocycles. The lowest BCUT2D eigenvalue weighted by molar-refractivity contribution is -0.141. The van der Waals surface area contributed by atoms with Crippen molar-refractivity contribution in [3.8, 4) is 5.75 Å². The van der Waals surface area contributed by atoms with Crippen LogP contribution in [0.2, 0.25) is 0 Å². The Hall–Kier alpha value is -1.02. The van der Waals surface area contributed by atoms with Gasteiger partial charge < -0.3 is 9.47 Å². The van der Waals surface area contributed by atoms with Gasteiger partial charge >= 0.3 is 0 Å². The number of methoxy groups -OCH3 is 1. The normalized spacial score (nSPS) is 24.3. The number of ether oxygens (including phenoxy) is 2. The Kier molecular flexibility index (Phi) is 2.94. The number of hydrogen-bond acceptors (Lipinski definition) is 2. The van der Waals surface area contributed by atoms with E-state index in [0.29, 0.717) is 5.92 Å². The molecule has 0 saturated carbocycles. The highest BCUT2D eigenvalue weighted by atomic mass is 16.5. The zero-order valence-corrected chi connectivity index (χ0v) is 10.5. The average molecular weight is 220 g/mol. The lowest BCUT2D eigenvalue weighted by atomic mass is 9.86. The molecule has 1 unspecified atom stereocenters. The van der Waals surface area contributed by atoms with Crippen LogP contribution >= 0.6 is 0 Å². The molecule has 0 N–H and O–H groups in total. The van der Waals surface area contributed by atoms with Crippen molar-refractivity contribution >= 4 is 0 Å². The predicted octanol–water partition coefficient (Wildman–Crippen LogP) is 3.45. The Labute approximate surface area is 97.6 Å². The monoisotopic (exact) mass is 220 g/mol. The van der Waals surface area contributed by atoms with Crippen LogP contribution in [-0.2, 0) is 10.3 Å². The van der Waals surface area contributed by atoms with Gasteiger partial charge in [0.1, 0.15) is 5.75 Å². The summed E-state index contributed by atoms with van der Waals surface area (Å²) in [6, 6.07) is 6.45. The molecular weight excluding hydrogens is 200 g/mol. The minimum Gasteiger partial charge on any atom is -0.496 e. The van der Waals surface area contributed by atoms with Crippen molar-refractivity contribution in [1.82, 2.24) is 0 Å².